The lowest BCUT2D eigenvalue weighted by atomic mass is 10.1. The summed E-state index contributed by atoms with van der Waals surface area (Å²) in [4.78, 5) is 28.9. The van der Waals surface area contributed by atoms with Gasteiger partial charge in [-0.15, -0.1) is 0 Å². The van der Waals surface area contributed by atoms with Gasteiger partial charge in [0.05, 0.1) is 13.0 Å². The Bertz CT molecular complexity index is 848. The predicted octanol–water partition coefficient (Wildman–Crippen LogP) is 3.52. The number of rotatable bonds is 9. The van der Waals surface area contributed by atoms with Crippen molar-refractivity contribution < 1.29 is 14.0 Å². The third kappa shape index (κ3) is 6.39. The summed E-state index contributed by atoms with van der Waals surface area (Å²) in [5.74, 6) is -0.338. The van der Waals surface area contributed by atoms with E-state index in [4.69, 9.17) is 0 Å². The Kier molecular flexibility index (Phi) is 7.97. The van der Waals surface area contributed by atoms with Gasteiger partial charge >= 0.3 is 0 Å². The van der Waals surface area contributed by atoms with Crippen LogP contribution in [-0.4, -0.2) is 42.9 Å². The molecule has 6 heteroatoms. The van der Waals surface area contributed by atoms with E-state index in [0.717, 1.165) is 36.4 Å². The molecule has 0 aliphatic carbocycles. The highest BCUT2D eigenvalue weighted by molar-refractivity contribution is 5.93. The van der Waals surface area contributed by atoms with Crippen LogP contribution in [0, 0.1) is 5.82 Å². The minimum absolute atomic E-state index is 0.0155. The number of likely N-dealkylation sites (tertiary alicyclic amines) is 1. The summed E-state index contributed by atoms with van der Waals surface area (Å²) >= 11 is 0. The minimum Gasteiger partial charge on any atom is -0.355 e. The highest BCUT2D eigenvalue weighted by Gasteiger charge is 2.16. The van der Waals surface area contributed by atoms with Crippen molar-refractivity contribution in [3.05, 3.63) is 65.5 Å². The van der Waals surface area contributed by atoms with Crippen molar-refractivity contribution in [1.82, 2.24) is 10.2 Å². The van der Waals surface area contributed by atoms with E-state index in [1.807, 2.05) is 31.2 Å². The van der Waals surface area contributed by atoms with Gasteiger partial charge in [-0.3, -0.25) is 9.59 Å². The maximum absolute atomic E-state index is 13.2. The molecule has 2 aromatic carbocycles. The number of hydrogen-bond donors (Lipinski definition) is 1. The first kappa shape index (κ1) is 22.0. The van der Waals surface area contributed by atoms with Gasteiger partial charge < -0.3 is 15.1 Å². The lowest BCUT2D eigenvalue weighted by Crippen LogP contribution is -2.34. The molecule has 30 heavy (non-hydrogen) atoms. The van der Waals surface area contributed by atoms with Gasteiger partial charge in [-0.05, 0) is 61.3 Å². The molecular weight excluding hydrogens is 381 g/mol. The van der Waals surface area contributed by atoms with E-state index >= 15 is 0 Å². The second-order valence-corrected chi connectivity index (χ2v) is 7.71. The smallest absolute Gasteiger partial charge is 0.227 e. The van der Waals surface area contributed by atoms with Gasteiger partial charge in [-0.25, -0.2) is 4.39 Å². The van der Waals surface area contributed by atoms with Crippen molar-refractivity contribution in [1.29, 1.82) is 0 Å². The third-order valence-electron chi connectivity index (χ3n) is 5.39. The third-order valence-corrected chi connectivity index (χ3v) is 5.39. The zero-order valence-corrected chi connectivity index (χ0v) is 17.6. The van der Waals surface area contributed by atoms with Crippen LogP contribution in [0.5, 0.6) is 0 Å². The summed E-state index contributed by atoms with van der Waals surface area (Å²) in [5.41, 5.74) is 2.45. The van der Waals surface area contributed by atoms with Crippen LogP contribution in [0.3, 0.4) is 0 Å². The summed E-state index contributed by atoms with van der Waals surface area (Å²) in [7, 11) is 0. The second kappa shape index (κ2) is 10.9. The van der Waals surface area contributed by atoms with Crippen molar-refractivity contribution in [3.63, 3.8) is 0 Å². The fraction of sp³-hybridized carbons (Fsp3) is 0.417. The van der Waals surface area contributed by atoms with Crippen LogP contribution < -0.4 is 10.2 Å². The van der Waals surface area contributed by atoms with E-state index < -0.39 is 0 Å². The number of anilines is 1. The van der Waals surface area contributed by atoms with Crippen LogP contribution in [0.15, 0.2) is 48.5 Å². The summed E-state index contributed by atoms with van der Waals surface area (Å²) in [5, 5.41) is 2.99. The zero-order valence-electron chi connectivity index (χ0n) is 17.6. The Morgan fingerprint density at radius 3 is 2.50 bits per heavy atom. The van der Waals surface area contributed by atoms with E-state index in [1.165, 1.54) is 25.0 Å². The average Bonchev–Trinajstić information content (AvgIpc) is 3.26. The van der Waals surface area contributed by atoms with Crippen LogP contribution in [0.4, 0.5) is 10.1 Å². The molecule has 0 radical (unpaired) electrons. The molecule has 2 amide bonds. The van der Waals surface area contributed by atoms with E-state index in [1.54, 1.807) is 17.0 Å². The molecule has 0 spiro atoms. The SMILES string of the molecule is CCC(=O)N(Cc1ccc(F)cc1)c1cccc(CC(=O)NCCN2CCCC2)c1. The highest BCUT2D eigenvalue weighted by atomic mass is 19.1. The van der Waals surface area contributed by atoms with Crippen LogP contribution in [0.25, 0.3) is 0 Å². The van der Waals surface area contributed by atoms with E-state index in [9.17, 15) is 14.0 Å². The molecule has 160 valence electrons. The molecule has 5 nitrogen and oxygen atoms in total. The van der Waals surface area contributed by atoms with Crippen LogP contribution in [-0.2, 0) is 22.6 Å². The molecule has 1 heterocycles. The number of amides is 2. The van der Waals surface area contributed by atoms with Gasteiger partial charge in [-0.1, -0.05) is 31.2 Å². The Labute approximate surface area is 177 Å². The summed E-state index contributed by atoms with van der Waals surface area (Å²) < 4.78 is 13.2. The van der Waals surface area contributed by atoms with Gasteiger partial charge in [0.15, 0.2) is 0 Å². The molecule has 0 atom stereocenters. The summed E-state index contributed by atoms with van der Waals surface area (Å²) in [6.45, 7) is 5.96. The molecule has 1 saturated heterocycles. The lowest BCUT2D eigenvalue weighted by Gasteiger charge is -2.23. The highest BCUT2D eigenvalue weighted by Crippen LogP contribution is 2.21. The first-order chi connectivity index (χ1) is 14.5. The van der Waals surface area contributed by atoms with Gasteiger partial charge in [0, 0.05) is 25.2 Å². The molecule has 0 unspecified atom stereocenters. The molecule has 2 aromatic rings. The fourth-order valence-electron chi connectivity index (χ4n) is 3.73. The molecule has 0 saturated carbocycles. The van der Waals surface area contributed by atoms with Crippen LogP contribution >= 0.6 is 0 Å². The Hall–Kier alpha value is -2.73. The quantitative estimate of drug-likeness (QED) is 0.687. The number of hydrogen-bond acceptors (Lipinski definition) is 3. The largest absolute Gasteiger partial charge is 0.355 e. The van der Waals surface area contributed by atoms with Gasteiger partial charge in [-0.2, -0.15) is 0 Å². The molecular formula is C24H30FN3O2. The molecule has 1 aliphatic heterocycles. The van der Waals surface area contributed by atoms with Crippen LogP contribution in [0.2, 0.25) is 0 Å². The van der Waals surface area contributed by atoms with Gasteiger partial charge in [0.1, 0.15) is 5.82 Å². The zero-order chi connectivity index (χ0) is 21.3. The van der Waals surface area contributed by atoms with E-state index in [2.05, 4.69) is 10.2 Å². The Morgan fingerprint density at radius 2 is 1.80 bits per heavy atom. The molecule has 3 rings (SSSR count). The molecule has 1 N–H and O–H groups in total. The number of benzene rings is 2. The standard InChI is InChI=1S/C24H30FN3O2/c1-2-24(30)28(18-19-8-10-21(25)11-9-19)22-7-5-6-20(16-22)17-23(29)26-12-15-27-13-3-4-14-27/h5-11,16H,2-4,12-15,17-18H2,1H3,(H,26,29). The molecule has 1 aliphatic rings. The second-order valence-electron chi connectivity index (χ2n) is 7.71. The van der Waals surface area contributed by atoms with Crippen molar-refractivity contribution in [2.24, 2.45) is 0 Å². The molecule has 1 fully saturated rings. The number of carbonyl (C=O) groups is 2. The number of nitrogens with zero attached hydrogens (tertiary/aromatic N) is 2. The van der Waals surface area contributed by atoms with Crippen molar-refractivity contribution in [2.75, 3.05) is 31.1 Å². The summed E-state index contributed by atoms with van der Waals surface area (Å²) in [6.07, 6.45) is 3.12. The van der Waals surface area contributed by atoms with Crippen molar-refractivity contribution >= 4 is 17.5 Å². The fourth-order valence-corrected chi connectivity index (χ4v) is 3.73. The van der Waals surface area contributed by atoms with Gasteiger partial charge in [0.25, 0.3) is 0 Å². The number of nitrogens with one attached hydrogen (secondary N) is 1. The average molecular weight is 412 g/mol. The Balaban J connectivity index is 1.62. The maximum Gasteiger partial charge on any atom is 0.227 e. The normalized spacial score (nSPS) is 13.9. The minimum atomic E-state index is -0.301. The van der Waals surface area contributed by atoms with E-state index in [0.29, 0.717) is 19.5 Å². The first-order valence-corrected chi connectivity index (χ1v) is 10.7. The van der Waals surface area contributed by atoms with E-state index in [-0.39, 0.29) is 24.1 Å². The Morgan fingerprint density at radius 1 is 1.07 bits per heavy atom. The van der Waals surface area contributed by atoms with Crippen LogP contribution in [0.1, 0.15) is 37.3 Å². The monoisotopic (exact) mass is 411 g/mol. The lowest BCUT2D eigenvalue weighted by molar-refractivity contribution is -0.120. The van der Waals surface area contributed by atoms with Gasteiger partial charge in [0.2, 0.25) is 11.8 Å². The summed E-state index contributed by atoms with van der Waals surface area (Å²) in [6, 6.07) is 13.7. The van der Waals surface area contributed by atoms with Crippen molar-refractivity contribution in [3.8, 4) is 0 Å². The molecule has 0 aromatic heterocycles. The molecule has 0 bridgehead atoms. The number of carbonyl (C=O) groups excluding carboxylic acids is 2. The maximum atomic E-state index is 13.2. The first-order valence-electron chi connectivity index (χ1n) is 10.7. The topological polar surface area (TPSA) is 52.7 Å². The van der Waals surface area contributed by atoms with Crippen molar-refractivity contribution in [2.45, 2.75) is 39.2 Å². The number of halogens is 1. The predicted molar refractivity (Wildman–Crippen MR) is 117 cm³/mol.